The van der Waals surface area contributed by atoms with E-state index in [1.54, 1.807) is 24.3 Å². The average molecular weight is 320 g/mol. The molecule has 0 saturated heterocycles. The van der Waals surface area contributed by atoms with E-state index >= 15 is 0 Å². The Kier molecular flexibility index (Phi) is 6.45. The summed E-state index contributed by atoms with van der Waals surface area (Å²) < 4.78 is 26.4. The van der Waals surface area contributed by atoms with Gasteiger partial charge in [-0.05, 0) is 29.9 Å². The van der Waals surface area contributed by atoms with E-state index in [0.717, 1.165) is 6.42 Å². The molecular weight excluding hydrogens is 298 g/mol. The van der Waals surface area contributed by atoms with Crippen LogP contribution in [0, 0.1) is 5.41 Å². The van der Waals surface area contributed by atoms with Crippen molar-refractivity contribution < 1.29 is 13.5 Å². The first-order valence-corrected chi connectivity index (χ1v) is 8.60. The number of aliphatic hydroxyl groups excluding tert-OH is 1. The van der Waals surface area contributed by atoms with Crippen molar-refractivity contribution in [3.8, 4) is 0 Å². The van der Waals surface area contributed by atoms with Crippen molar-refractivity contribution >= 4 is 21.6 Å². The molecule has 0 unspecified atom stereocenters. The molecule has 1 aromatic rings. The maximum Gasteiger partial charge on any atom is 0.215 e. The van der Waals surface area contributed by atoms with Gasteiger partial charge in [-0.2, -0.15) is 0 Å². The molecule has 0 bridgehead atoms. The molecule has 2 N–H and O–H groups in total. The maximum atomic E-state index is 11.9. The third-order valence-electron chi connectivity index (χ3n) is 3.08. The Labute approximate surface area is 126 Å². The van der Waals surface area contributed by atoms with Crippen LogP contribution in [0.3, 0.4) is 0 Å². The summed E-state index contributed by atoms with van der Waals surface area (Å²) >= 11 is 5.95. The van der Waals surface area contributed by atoms with Crippen molar-refractivity contribution in [3.05, 3.63) is 34.9 Å². The monoisotopic (exact) mass is 319 g/mol. The maximum absolute atomic E-state index is 11.9. The van der Waals surface area contributed by atoms with Crippen molar-refractivity contribution in [1.82, 2.24) is 4.72 Å². The Morgan fingerprint density at radius 2 is 1.95 bits per heavy atom. The number of aliphatic hydroxyl groups is 1. The van der Waals surface area contributed by atoms with E-state index < -0.39 is 10.0 Å². The van der Waals surface area contributed by atoms with Crippen molar-refractivity contribution in [1.29, 1.82) is 0 Å². The van der Waals surface area contributed by atoms with Gasteiger partial charge in [-0.1, -0.05) is 43.6 Å². The fourth-order valence-corrected chi connectivity index (χ4v) is 3.25. The van der Waals surface area contributed by atoms with E-state index in [4.69, 9.17) is 16.7 Å². The van der Waals surface area contributed by atoms with Crippen molar-refractivity contribution in [3.63, 3.8) is 0 Å². The molecule has 0 amide bonds. The third-order valence-corrected chi connectivity index (χ3v) is 4.79. The molecule has 0 aromatic heterocycles. The average Bonchev–Trinajstić information content (AvgIpc) is 2.37. The minimum atomic E-state index is -3.38. The molecule has 0 aliphatic heterocycles. The number of nitrogens with one attached hydrogen (secondary N) is 1. The van der Waals surface area contributed by atoms with E-state index in [1.165, 1.54) is 0 Å². The summed E-state index contributed by atoms with van der Waals surface area (Å²) in [5.74, 6) is -0.115. The molecule has 6 heteroatoms. The van der Waals surface area contributed by atoms with Gasteiger partial charge in [-0.3, -0.25) is 0 Å². The zero-order chi connectivity index (χ0) is 15.2. The van der Waals surface area contributed by atoms with E-state index in [-0.39, 0.29) is 17.8 Å². The van der Waals surface area contributed by atoms with Crippen LogP contribution in [0.5, 0.6) is 0 Å². The van der Waals surface area contributed by atoms with Crippen LogP contribution in [0.15, 0.2) is 24.3 Å². The molecule has 0 aliphatic rings. The number of sulfonamides is 1. The second-order valence-corrected chi connectivity index (χ2v) is 7.88. The Balaban J connectivity index is 2.45. The van der Waals surface area contributed by atoms with Crippen molar-refractivity contribution in [2.45, 2.75) is 32.4 Å². The van der Waals surface area contributed by atoms with Crippen LogP contribution in [0.4, 0.5) is 0 Å². The van der Waals surface area contributed by atoms with E-state index in [1.807, 2.05) is 13.8 Å². The van der Waals surface area contributed by atoms with Gasteiger partial charge >= 0.3 is 0 Å². The lowest BCUT2D eigenvalue weighted by Crippen LogP contribution is -2.27. The van der Waals surface area contributed by atoms with Crippen LogP contribution < -0.4 is 4.72 Å². The van der Waals surface area contributed by atoms with Gasteiger partial charge in [0.1, 0.15) is 0 Å². The second-order valence-electron chi connectivity index (χ2n) is 5.67. The molecule has 1 aromatic carbocycles. The molecule has 0 radical (unpaired) electrons. The summed E-state index contributed by atoms with van der Waals surface area (Å²) in [6, 6.07) is 6.91. The van der Waals surface area contributed by atoms with Gasteiger partial charge in [0.25, 0.3) is 0 Å². The Hall–Kier alpha value is -0.620. The summed E-state index contributed by atoms with van der Waals surface area (Å²) in [4.78, 5) is 0. The van der Waals surface area contributed by atoms with Crippen LogP contribution in [-0.2, 0) is 15.8 Å². The summed E-state index contributed by atoms with van der Waals surface area (Å²) in [7, 11) is -3.38. The Morgan fingerprint density at radius 3 is 2.55 bits per heavy atom. The van der Waals surface area contributed by atoms with Gasteiger partial charge in [-0.15, -0.1) is 0 Å². The highest BCUT2D eigenvalue weighted by Crippen LogP contribution is 2.21. The third kappa shape index (κ3) is 6.22. The summed E-state index contributed by atoms with van der Waals surface area (Å²) in [5.41, 5.74) is 0.422. The quantitative estimate of drug-likeness (QED) is 0.724. The molecule has 0 heterocycles. The molecule has 0 aliphatic carbocycles. The first kappa shape index (κ1) is 17.4. The fourth-order valence-electron chi connectivity index (χ4n) is 1.74. The van der Waals surface area contributed by atoms with Gasteiger partial charge in [0.05, 0.1) is 5.75 Å². The number of hydrogen-bond donors (Lipinski definition) is 2. The van der Waals surface area contributed by atoms with Gasteiger partial charge < -0.3 is 5.11 Å². The minimum absolute atomic E-state index is 0.0966. The predicted molar refractivity (Wildman–Crippen MR) is 82.2 cm³/mol. The molecule has 114 valence electrons. The topological polar surface area (TPSA) is 66.4 Å². The zero-order valence-corrected chi connectivity index (χ0v) is 13.5. The highest BCUT2D eigenvalue weighted by atomic mass is 35.5. The van der Waals surface area contributed by atoms with Gasteiger partial charge in [0.15, 0.2) is 0 Å². The first-order valence-electron chi connectivity index (χ1n) is 6.57. The number of halogens is 1. The molecule has 0 atom stereocenters. The normalized spacial score (nSPS) is 12.6. The Bertz CT molecular complexity index is 529. The van der Waals surface area contributed by atoms with E-state index in [0.29, 0.717) is 23.6 Å². The zero-order valence-electron chi connectivity index (χ0n) is 11.9. The molecule has 0 saturated carbocycles. The molecule has 20 heavy (non-hydrogen) atoms. The highest BCUT2D eigenvalue weighted by molar-refractivity contribution is 7.88. The van der Waals surface area contributed by atoms with E-state index in [9.17, 15) is 8.42 Å². The lowest BCUT2D eigenvalue weighted by Gasteiger charge is -2.21. The van der Waals surface area contributed by atoms with Gasteiger partial charge in [0, 0.05) is 18.2 Å². The van der Waals surface area contributed by atoms with Gasteiger partial charge in [0.2, 0.25) is 10.0 Å². The lowest BCUT2D eigenvalue weighted by atomic mass is 9.89. The summed E-state index contributed by atoms with van der Waals surface area (Å²) in [6.07, 6.45) is 1.45. The number of hydrogen-bond acceptors (Lipinski definition) is 3. The SMILES string of the molecule is CC(C)(CO)CCCNS(=O)(=O)Cc1ccccc1Cl. The van der Waals surface area contributed by atoms with E-state index in [2.05, 4.69) is 4.72 Å². The number of rotatable bonds is 8. The largest absolute Gasteiger partial charge is 0.396 e. The van der Waals surface area contributed by atoms with Crippen LogP contribution in [0.1, 0.15) is 32.3 Å². The highest BCUT2D eigenvalue weighted by Gasteiger charge is 2.17. The van der Waals surface area contributed by atoms with Gasteiger partial charge in [-0.25, -0.2) is 13.1 Å². The van der Waals surface area contributed by atoms with Crippen molar-refractivity contribution in [2.24, 2.45) is 5.41 Å². The van der Waals surface area contributed by atoms with Crippen LogP contribution >= 0.6 is 11.6 Å². The van der Waals surface area contributed by atoms with Crippen molar-refractivity contribution in [2.75, 3.05) is 13.2 Å². The summed E-state index contributed by atoms with van der Waals surface area (Å²) in [5, 5.41) is 9.58. The molecule has 4 nitrogen and oxygen atoms in total. The Morgan fingerprint density at radius 1 is 1.30 bits per heavy atom. The predicted octanol–water partition coefficient (Wildman–Crippen LogP) is 2.56. The first-order chi connectivity index (χ1) is 9.26. The van der Waals surface area contributed by atoms with Crippen LogP contribution in [0.25, 0.3) is 0 Å². The lowest BCUT2D eigenvalue weighted by molar-refractivity contribution is 0.148. The molecular formula is C14H22ClNO3S. The number of benzene rings is 1. The molecule has 0 spiro atoms. The minimum Gasteiger partial charge on any atom is -0.396 e. The summed E-state index contributed by atoms with van der Waals surface area (Å²) in [6.45, 7) is 4.37. The van der Waals surface area contributed by atoms with Crippen LogP contribution in [0.2, 0.25) is 5.02 Å². The second kappa shape index (κ2) is 7.41. The molecule has 0 fully saturated rings. The molecule has 1 rings (SSSR count). The standard InChI is InChI=1S/C14H22ClNO3S/c1-14(2,11-17)8-5-9-16-20(18,19)10-12-6-3-4-7-13(12)15/h3-4,6-7,16-17H,5,8-11H2,1-2H3. The van der Waals surface area contributed by atoms with Crippen LogP contribution in [-0.4, -0.2) is 26.7 Å². The smallest absolute Gasteiger partial charge is 0.215 e. The fraction of sp³-hybridized carbons (Fsp3) is 0.571.